The number of benzene rings is 1. The predicted octanol–water partition coefficient (Wildman–Crippen LogP) is 3.21. The van der Waals surface area contributed by atoms with E-state index in [0.29, 0.717) is 0 Å². The molecule has 0 unspecified atom stereocenters. The van der Waals surface area contributed by atoms with E-state index in [9.17, 15) is 4.39 Å². The third kappa shape index (κ3) is 2.60. The van der Waals surface area contributed by atoms with Crippen LogP contribution in [0.3, 0.4) is 0 Å². The molecule has 2 nitrogen and oxygen atoms in total. The van der Waals surface area contributed by atoms with Gasteiger partial charge in [0.1, 0.15) is 5.82 Å². The van der Waals surface area contributed by atoms with Crippen molar-refractivity contribution in [3.63, 3.8) is 0 Å². The van der Waals surface area contributed by atoms with Gasteiger partial charge in [0.2, 0.25) is 0 Å². The summed E-state index contributed by atoms with van der Waals surface area (Å²) in [6, 6.07) is 4.67. The van der Waals surface area contributed by atoms with E-state index in [1.54, 1.807) is 17.8 Å². The van der Waals surface area contributed by atoms with Gasteiger partial charge in [-0.3, -0.25) is 0 Å². The molecule has 0 saturated carbocycles. The highest BCUT2D eigenvalue weighted by Crippen LogP contribution is 2.26. The molecule has 80 valence electrons. The Balaban J connectivity index is 2.16. The quantitative estimate of drug-likeness (QED) is 0.833. The van der Waals surface area contributed by atoms with Gasteiger partial charge in [0, 0.05) is 12.3 Å². The summed E-state index contributed by atoms with van der Waals surface area (Å²) < 4.78 is 13.8. The van der Waals surface area contributed by atoms with Crippen molar-refractivity contribution in [1.82, 2.24) is 4.98 Å². The molecule has 5 heteroatoms. The van der Waals surface area contributed by atoms with E-state index in [1.165, 1.54) is 23.5 Å². The van der Waals surface area contributed by atoms with Gasteiger partial charge in [0.05, 0.1) is 10.2 Å². The maximum absolute atomic E-state index is 12.9. The second kappa shape index (κ2) is 4.81. The molecule has 1 aromatic heterocycles. The molecule has 1 N–H and O–H groups in total. The van der Waals surface area contributed by atoms with Crippen molar-refractivity contribution in [3.8, 4) is 0 Å². The largest absolute Gasteiger partial charge is 0.361 e. The second-order valence-corrected chi connectivity index (χ2v) is 5.07. The SMILES string of the molecule is CSCCNc1nc2ccc(F)cc2s1. The van der Waals surface area contributed by atoms with Crippen molar-refractivity contribution in [2.75, 3.05) is 23.9 Å². The molecule has 0 amide bonds. The molecule has 0 saturated heterocycles. The zero-order valence-electron chi connectivity index (χ0n) is 8.29. The van der Waals surface area contributed by atoms with Gasteiger partial charge in [-0.25, -0.2) is 9.37 Å². The third-order valence-electron chi connectivity index (χ3n) is 1.93. The summed E-state index contributed by atoms with van der Waals surface area (Å²) in [7, 11) is 0. The van der Waals surface area contributed by atoms with E-state index in [2.05, 4.69) is 16.6 Å². The van der Waals surface area contributed by atoms with Gasteiger partial charge >= 0.3 is 0 Å². The fourth-order valence-corrected chi connectivity index (χ4v) is 2.46. The van der Waals surface area contributed by atoms with Crippen molar-refractivity contribution >= 4 is 38.4 Å². The van der Waals surface area contributed by atoms with Crippen LogP contribution in [0.1, 0.15) is 0 Å². The Morgan fingerprint density at radius 3 is 3.20 bits per heavy atom. The molecule has 15 heavy (non-hydrogen) atoms. The van der Waals surface area contributed by atoms with Crippen LogP contribution in [0.2, 0.25) is 0 Å². The van der Waals surface area contributed by atoms with Crippen LogP contribution in [-0.2, 0) is 0 Å². The van der Waals surface area contributed by atoms with Crippen molar-refractivity contribution < 1.29 is 4.39 Å². The highest BCUT2D eigenvalue weighted by molar-refractivity contribution is 7.98. The van der Waals surface area contributed by atoms with Gasteiger partial charge in [-0.05, 0) is 24.5 Å². The van der Waals surface area contributed by atoms with E-state index >= 15 is 0 Å². The number of aromatic nitrogens is 1. The van der Waals surface area contributed by atoms with E-state index in [0.717, 1.165) is 27.6 Å². The number of hydrogen-bond donors (Lipinski definition) is 1. The minimum Gasteiger partial charge on any atom is -0.361 e. The number of rotatable bonds is 4. The Labute approximate surface area is 95.9 Å². The molecule has 0 atom stereocenters. The molecule has 1 heterocycles. The Morgan fingerprint density at radius 2 is 2.40 bits per heavy atom. The lowest BCUT2D eigenvalue weighted by Crippen LogP contribution is -2.02. The fraction of sp³-hybridized carbons (Fsp3) is 0.300. The van der Waals surface area contributed by atoms with E-state index in [-0.39, 0.29) is 5.82 Å². The van der Waals surface area contributed by atoms with Gasteiger partial charge in [0.15, 0.2) is 5.13 Å². The first-order valence-corrected chi connectivity index (χ1v) is 6.79. The zero-order chi connectivity index (χ0) is 10.7. The Bertz CT molecular complexity index is 456. The summed E-state index contributed by atoms with van der Waals surface area (Å²) in [5.74, 6) is 0.839. The Kier molecular flexibility index (Phi) is 3.43. The normalized spacial score (nSPS) is 10.8. The predicted molar refractivity (Wildman–Crippen MR) is 66.4 cm³/mol. The number of nitrogens with zero attached hydrogens (tertiary/aromatic N) is 1. The number of nitrogens with one attached hydrogen (secondary N) is 1. The molecule has 0 radical (unpaired) electrons. The number of thioether (sulfide) groups is 1. The highest BCUT2D eigenvalue weighted by atomic mass is 32.2. The molecule has 0 aliphatic heterocycles. The molecule has 0 spiro atoms. The molecule has 0 fully saturated rings. The summed E-state index contributed by atoms with van der Waals surface area (Å²) in [6.07, 6.45) is 2.06. The maximum atomic E-state index is 12.9. The number of anilines is 1. The second-order valence-electron chi connectivity index (χ2n) is 3.05. The van der Waals surface area contributed by atoms with E-state index < -0.39 is 0 Å². The third-order valence-corrected chi connectivity index (χ3v) is 3.52. The standard InChI is InChI=1S/C10H11FN2S2/c1-14-5-4-12-10-13-8-3-2-7(11)6-9(8)15-10/h2-3,6H,4-5H2,1H3,(H,12,13). The molecule has 2 aromatic rings. The van der Waals surface area contributed by atoms with Crippen molar-refractivity contribution in [2.45, 2.75) is 0 Å². The van der Waals surface area contributed by atoms with Crippen molar-refractivity contribution in [2.24, 2.45) is 0 Å². The molecule has 2 rings (SSSR count). The fourth-order valence-electron chi connectivity index (χ4n) is 1.23. The van der Waals surface area contributed by atoms with E-state index in [4.69, 9.17) is 0 Å². The molecule has 0 aliphatic carbocycles. The number of thiazole rings is 1. The lowest BCUT2D eigenvalue weighted by Gasteiger charge is -1.98. The number of halogens is 1. The smallest absolute Gasteiger partial charge is 0.183 e. The van der Waals surface area contributed by atoms with Crippen LogP contribution in [0.5, 0.6) is 0 Å². The van der Waals surface area contributed by atoms with Gasteiger partial charge in [0.25, 0.3) is 0 Å². The van der Waals surface area contributed by atoms with Gasteiger partial charge in [-0.15, -0.1) is 0 Å². The summed E-state index contributed by atoms with van der Waals surface area (Å²) in [5, 5.41) is 4.08. The topological polar surface area (TPSA) is 24.9 Å². The average Bonchev–Trinajstić information content (AvgIpc) is 2.60. The number of fused-ring (bicyclic) bond motifs is 1. The summed E-state index contributed by atoms with van der Waals surface area (Å²) in [4.78, 5) is 4.36. The average molecular weight is 242 g/mol. The Morgan fingerprint density at radius 1 is 1.53 bits per heavy atom. The zero-order valence-corrected chi connectivity index (χ0v) is 9.92. The maximum Gasteiger partial charge on any atom is 0.183 e. The van der Waals surface area contributed by atoms with E-state index in [1.807, 2.05) is 0 Å². The van der Waals surface area contributed by atoms with Crippen LogP contribution < -0.4 is 5.32 Å². The molecular weight excluding hydrogens is 231 g/mol. The summed E-state index contributed by atoms with van der Waals surface area (Å²) in [6.45, 7) is 0.892. The van der Waals surface area contributed by atoms with Crippen LogP contribution >= 0.6 is 23.1 Å². The van der Waals surface area contributed by atoms with Crippen LogP contribution in [0.25, 0.3) is 10.2 Å². The lowest BCUT2D eigenvalue weighted by molar-refractivity contribution is 0.630. The first-order chi connectivity index (χ1) is 7.29. The minimum absolute atomic E-state index is 0.207. The van der Waals surface area contributed by atoms with Crippen LogP contribution in [0, 0.1) is 5.82 Å². The van der Waals surface area contributed by atoms with Gasteiger partial charge < -0.3 is 5.32 Å². The molecule has 0 aliphatic rings. The first-order valence-electron chi connectivity index (χ1n) is 4.58. The van der Waals surface area contributed by atoms with Crippen molar-refractivity contribution in [3.05, 3.63) is 24.0 Å². The van der Waals surface area contributed by atoms with Crippen molar-refractivity contribution in [1.29, 1.82) is 0 Å². The summed E-state index contributed by atoms with van der Waals surface area (Å²) >= 11 is 3.27. The molecule has 0 bridgehead atoms. The monoisotopic (exact) mass is 242 g/mol. The Hall–Kier alpha value is -0.810. The minimum atomic E-state index is -0.207. The number of hydrogen-bond acceptors (Lipinski definition) is 4. The van der Waals surface area contributed by atoms with Gasteiger partial charge in [-0.2, -0.15) is 11.8 Å². The summed E-state index contributed by atoms with van der Waals surface area (Å²) in [5.41, 5.74) is 0.855. The lowest BCUT2D eigenvalue weighted by atomic mass is 10.3. The highest BCUT2D eigenvalue weighted by Gasteiger charge is 2.03. The van der Waals surface area contributed by atoms with Gasteiger partial charge in [-0.1, -0.05) is 11.3 Å². The molecular formula is C10H11FN2S2. The first kappa shape index (κ1) is 10.7. The van der Waals surface area contributed by atoms with Crippen LogP contribution in [-0.4, -0.2) is 23.5 Å². The van der Waals surface area contributed by atoms with Crippen LogP contribution in [0.15, 0.2) is 18.2 Å². The van der Waals surface area contributed by atoms with Crippen LogP contribution in [0.4, 0.5) is 9.52 Å². The molecule has 1 aromatic carbocycles.